The number of quaternary nitrogens is 1. The van der Waals surface area contributed by atoms with Gasteiger partial charge in [-0.25, -0.2) is 0 Å². The van der Waals surface area contributed by atoms with E-state index in [0.29, 0.717) is 6.54 Å². The first-order chi connectivity index (χ1) is 4.57. The van der Waals surface area contributed by atoms with Crippen LogP contribution in [0, 0.1) is 0 Å². The molecule has 0 aliphatic heterocycles. The summed E-state index contributed by atoms with van der Waals surface area (Å²) in [6.45, 7) is 1.85. The molecule has 0 spiro atoms. The van der Waals surface area contributed by atoms with Crippen LogP contribution in [-0.4, -0.2) is 37.3 Å². The first-order valence-electron chi connectivity index (χ1n) is 3.08. The van der Waals surface area contributed by atoms with Crippen LogP contribution in [0.15, 0.2) is 5.16 Å². The van der Waals surface area contributed by atoms with E-state index in [1.165, 1.54) is 6.92 Å². The number of carbonyl (C=O) groups is 1. The summed E-state index contributed by atoms with van der Waals surface area (Å²) in [5.41, 5.74) is 0.222. The second kappa shape index (κ2) is 6.12. The lowest BCUT2D eigenvalue weighted by Crippen LogP contribution is -3.06. The highest BCUT2D eigenvalue weighted by Gasteiger charge is 2.09. The summed E-state index contributed by atoms with van der Waals surface area (Å²) < 4.78 is 0. The van der Waals surface area contributed by atoms with Crippen LogP contribution in [0.2, 0.25) is 0 Å². The van der Waals surface area contributed by atoms with Gasteiger partial charge in [0.1, 0.15) is 6.54 Å². The molecule has 0 aliphatic rings. The van der Waals surface area contributed by atoms with Gasteiger partial charge in [-0.05, 0) is 0 Å². The average molecular weight is 181 g/mol. The number of oxime groups is 1. The van der Waals surface area contributed by atoms with Crippen LogP contribution < -0.4 is 17.3 Å². The number of nitrogens with zero attached hydrogens (tertiary/aromatic N) is 1. The molecule has 5 heteroatoms. The van der Waals surface area contributed by atoms with Crippen LogP contribution >= 0.6 is 0 Å². The molecule has 0 radical (unpaired) electrons. The fourth-order valence-corrected chi connectivity index (χ4v) is 0.565. The topological polar surface area (TPSA) is 54.1 Å². The molecule has 0 heterocycles. The molecular formula is C6H13ClN2O2. The van der Waals surface area contributed by atoms with E-state index < -0.39 is 0 Å². The van der Waals surface area contributed by atoms with Gasteiger partial charge in [-0.3, -0.25) is 4.79 Å². The van der Waals surface area contributed by atoms with Gasteiger partial charge in [0.15, 0.2) is 11.5 Å². The average Bonchev–Trinajstić information content (AvgIpc) is 1.81. The SMILES string of the molecule is CC(=O)/C(C[NH+](C)C)=N\O.[Cl-]. The van der Waals surface area contributed by atoms with Gasteiger partial charge >= 0.3 is 0 Å². The number of ketones is 1. The Morgan fingerprint density at radius 3 is 2.09 bits per heavy atom. The van der Waals surface area contributed by atoms with Crippen LogP contribution in [-0.2, 0) is 4.79 Å². The van der Waals surface area contributed by atoms with Crippen molar-refractivity contribution in [1.82, 2.24) is 0 Å². The van der Waals surface area contributed by atoms with Gasteiger partial charge in [0.2, 0.25) is 0 Å². The van der Waals surface area contributed by atoms with Crippen LogP contribution in [0.3, 0.4) is 0 Å². The fourth-order valence-electron chi connectivity index (χ4n) is 0.565. The van der Waals surface area contributed by atoms with Gasteiger partial charge in [0, 0.05) is 6.92 Å². The molecule has 0 aliphatic carbocycles. The number of hydrogen-bond donors (Lipinski definition) is 2. The lowest BCUT2D eigenvalue weighted by atomic mass is 10.2. The van der Waals surface area contributed by atoms with Crippen LogP contribution in [0.1, 0.15) is 6.92 Å². The standard InChI is InChI=1S/C6H12N2O2.ClH/c1-5(9)6(7-10)4-8(2)3;/h10H,4H2,1-3H3;1H/b7-6-;. The number of nitrogens with one attached hydrogen (secondary N) is 1. The van der Waals surface area contributed by atoms with Gasteiger partial charge in [0.05, 0.1) is 14.1 Å². The number of hydrogen-bond acceptors (Lipinski definition) is 3. The first-order valence-corrected chi connectivity index (χ1v) is 3.08. The third-order valence-electron chi connectivity index (χ3n) is 1.05. The summed E-state index contributed by atoms with van der Waals surface area (Å²) in [6.07, 6.45) is 0. The third kappa shape index (κ3) is 5.82. The third-order valence-corrected chi connectivity index (χ3v) is 1.05. The summed E-state index contributed by atoms with van der Waals surface area (Å²) in [4.78, 5) is 11.7. The van der Waals surface area contributed by atoms with Crippen molar-refractivity contribution in [2.24, 2.45) is 5.16 Å². The van der Waals surface area contributed by atoms with E-state index in [1.54, 1.807) is 0 Å². The van der Waals surface area contributed by atoms with E-state index in [2.05, 4.69) is 5.16 Å². The predicted octanol–water partition coefficient (Wildman–Crippen LogP) is -4.45. The molecule has 0 saturated carbocycles. The molecule has 4 nitrogen and oxygen atoms in total. The van der Waals surface area contributed by atoms with Crippen LogP contribution in [0.5, 0.6) is 0 Å². The second-order valence-electron chi connectivity index (χ2n) is 2.49. The highest BCUT2D eigenvalue weighted by atomic mass is 35.5. The zero-order valence-corrected chi connectivity index (χ0v) is 7.64. The van der Waals surface area contributed by atoms with Crippen LogP contribution in [0.25, 0.3) is 0 Å². The molecule has 11 heavy (non-hydrogen) atoms. The molecule has 0 aromatic carbocycles. The summed E-state index contributed by atoms with van der Waals surface area (Å²) in [6, 6.07) is 0. The molecule has 0 amide bonds. The molecule has 0 bridgehead atoms. The Morgan fingerprint density at radius 2 is 2.00 bits per heavy atom. The van der Waals surface area contributed by atoms with Crippen molar-refractivity contribution in [3.8, 4) is 0 Å². The van der Waals surface area contributed by atoms with Crippen molar-refractivity contribution in [2.45, 2.75) is 6.92 Å². The normalized spacial score (nSPS) is 11.1. The maximum Gasteiger partial charge on any atom is 0.183 e. The maximum atomic E-state index is 10.6. The minimum Gasteiger partial charge on any atom is -1.00 e. The summed E-state index contributed by atoms with van der Waals surface area (Å²) in [7, 11) is 3.77. The number of carbonyl (C=O) groups excluding carboxylic acids is 1. The zero-order valence-electron chi connectivity index (χ0n) is 6.89. The highest BCUT2D eigenvalue weighted by Crippen LogP contribution is 1.74. The Morgan fingerprint density at radius 1 is 1.55 bits per heavy atom. The smallest absolute Gasteiger partial charge is 0.183 e. The summed E-state index contributed by atoms with van der Waals surface area (Å²) >= 11 is 0. The van der Waals surface area contributed by atoms with Gasteiger partial charge in [0.25, 0.3) is 0 Å². The van der Waals surface area contributed by atoms with Crippen molar-refractivity contribution in [1.29, 1.82) is 0 Å². The summed E-state index contributed by atoms with van der Waals surface area (Å²) in [5, 5.41) is 11.2. The maximum absolute atomic E-state index is 10.6. The molecule has 2 N–H and O–H groups in total. The van der Waals surface area contributed by atoms with E-state index in [9.17, 15) is 4.79 Å². The highest BCUT2D eigenvalue weighted by molar-refractivity contribution is 6.39. The Balaban J connectivity index is 0. The Hall–Kier alpha value is -0.610. The number of rotatable bonds is 3. The molecule has 0 rings (SSSR count). The second-order valence-corrected chi connectivity index (χ2v) is 2.49. The van der Waals surface area contributed by atoms with Gasteiger partial charge < -0.3 is 22.5 Å². The van der Waals surface area contributed by atoms with Gasteiger partial charge in [-0.15, -0.1) is 0 Å². The molecule has 0 saturated heterocycles. The Kier molecular flexibility index (Phi) is 7.24. The van der Waals surface area contributed by atoms with E-state index in [0.717, 1.165) is 4.90 Å². The molecule has 0 unspecified atom stereocenters. The van der Waals surface area contributed by atoms with Gasteiger partial charge in [-0.2, -0.15) is 0 Å². The Labute approximate surface area is 72.3 Å². The van der Waals surface area contributed by atoms with E-state index in [-0.39, 0.29) is 23.9 Å². The van der Waals surface area contributed by atoms with Crippen LogP contribution in [0.4, 0.5) is 0 Å². The van der Waals surface area contributed by atoms with Crippen molar-refractivity contribution < 1.29 is 27.3 Å². The molecule has 0 fully saturated rings. The number of Topliss-reactive ketones (excluding diaryl/α,β-unsaturated/α-hetero) is 1. The van der Waals surface area contributed by atoms with Crippen molar-refractivity contribution >= 4 is 11.5 Å². The molecule has 0 atom stereocenters. The van der Waals surface area contributed by atoms with Crippen molar-refractivity contribution in [3.63, 3.8) is 0 Å². The number of halogens is 1. The predicted molar refractivity (Wildman–Crippen MR) is 37.6 cm³/mol. The van der Waals surface area contributed by atoms with E-state index in [4.69, 9.17) is 5.21 Å². The molecule has 66 valence electrons. The fraction of sp³-hybridized carbons (Fsp3) is 0.667. The monoisotopic (exact) mass is 180 g/mol. The molecule has 0 aromatic heterocycles. The minimum absolute atomic E-state index is 0. The quantitative estimate of drug-likeness (QED) is 0.262. The molecule has 0 aromatic rings. The van der Waals surface area contributed by atoms with E-state index >= 15 is 0 Å². The Bertz CT molecular complexity index is 157. The zero-order chi connectivity index (χ0) is 8.15. The minimum atomic E-state index is -0.177. The lowest BCUT2D eigenvalue weighted by molar-refractivity contribution is -0.848. The first kappa shape index (κ1) is 13.0. The van der Waals surface area contributed by atoms with E-state index in [1.807, 2.05) is 14.1 Å². The molecular weight excluding hydrogens is 168 g/mol. The van der Waals surface area contributed by atoms with Crippen molar-refractivity contribution in [3.05, 3.63) is 0 Å². The van der Waals surface area contributed by atoms with Crippen molar-refractivity contribution in [2.75, 3.05) is 20.6 Å². The summed E-state index contributed by atoms with van der Waals surface area (Å²) in [5.74, 6) is -0.177. The van der Waals surface area contributed by atoms with Gasteiger partial charge in [-0.1, -0.05) is 5.16 Å². The lowest BCUT2D eigenvalue weighted by Gasteiger charge is -2.04. The largest absolute Gasteiger partial charge is 1.00 e.